The molecule has 0 radical (unpaired) electrons. The van der Waals surface area contributed by atoms with Crippen LogP contribution in [0.25, 0.3) is 0 Å². The van der Waals surface area contributed by atoms with E-state index >= 15 is 0 Å². The van der Waals surface area contributed by atoms with E-state index in [4.69, 9.17) is 10.5 Å². The van der Waals surface area contributed by atoms with Crippen LogP contribution in [-0.4, -0.2) is 60.6 Å². The van der Waals surface area contributed by atoms with Crippen LogP contribution in [0.4, 0.5) is 4.39 Å². The number of ether oxygens (including phenoxy) is 1. The Hall–Kier alpha value is -1.50. The third-order valence-corrected chi connectivity index (χ3v) is 5.65. The summed E-state index contributed by atoms with van der Waals surface area (Å²) in [5, 5.41) is 0. The van der Waals surface area contributed by atoms with Crippen molar-refractivity contribution in [3.8, 4) is 0 Å². The molecule has 2 aliphatic heterocycles. The Labute approximate surface area is 161 Å². The minimum absolute atomic E-state index is 0.0569. The predicted molar refractivity (Wildman–Crippen MR) is 104 cm³/mol. The van der Waals surface area contributed by atoms with Crippen LogP contribution >= 0.6 is 0 Å². The predicted octanol–water partition coefficient (Wildman–Crippen LogP) is 2.54. The van der Waals surface area contributed by atoms with Crippen molar-refractivity contribution in [1.29, 1.82) is 0 Å². The summed E-state index contributed by atoms with van der Waals surface area (Å²) in [5.74, 6) is 0.0267. The Kier molecular flexibility index (Phi) is 7.61. The van der Waals surface area contributed by atoms with Crippen LogP contribution in [0.2, 0.25) is 0 Å². The average molecular weight is 378 g/mol. The molecule has 0 spiro atoms. The summed E-state index contributed by atoms with van der Waals surface area (Å²) in [4.78, 5) is 17.4. The molecular weight excluding hydrogens is 345 g/mol. The lowest BCUT2D eigenvalue weighted by atomic mass is 9.98. The lowest BCUT2D eigenvalue weighted by Crippen LogP contribution is -2.52. The average Bonchev–Trinajstić information content (AvgIpc) is 2.70. The molecule has 1 aromatic rings. The van der Waals surface area contributed by atoms with E-state index in [1.54, 1.807) is 0 Å². The van der Waals surface area contributed by atoms with Gasteiger partial charge in [0.2, 0.25) is 5.91 Å². The van der Waals surface area contributed by atoms with Crippen LogP contribution in [0.15, 0.2) is 24.3 Å². The molecule has 0 aromatic heterocycles. The summed E-state index contributed by atoms with van der Waals surface area (Å²) < 4.78 is 19.0. The lowest BCUT2D eigenvalue weighted by Gasteiger charge is -2.40. The van der Waals surface area contributed by atoms with E-state index in [1.807, 2.05) is 17.0 Å². The van der Waals surface area contributed by atoms with Gasteiger partial charge in [0.15, 0.2) is 0 Å². The summed E-state index contributed by atoms with van der Waals surface area (Å²) in [6.45, 7) is 4.54. The highest BCUT2D eigenvalue weighted by molar-refractivity contribution is 5.82. The Morgan fingerprint density at radius 1 is 1.11 bits per heavy atom. The van der Waals surface area contributed by atoms with Gasteiger partial charge >= 0.3 is 0 Å². The maximum Gasteiger partial charge on any atom is 0.239 e. The van der Waals surface area contributed by atoms with Gasteiger partial charge < -0.3 is 15.4 Å². The lowest BCUT2D eigenvalue weighted by molar-refractivity contribution is -0.141. The largest absolute Gasteiger partial charge is 0.378 e. The third-order valence-electron chi connectivity index (χ3n) is 5.65. The Balaban J connectivity index is 1.53. The van der Waals surface area contributed by atoms with Gasteiger partial charge in [-0.15, -0.1) is 0 Å². The second kappa shape index (κ2) is 10.2. The molecule has 2 heterocycles. The number of carbonyl (C=O) groups is 1. The minimum atomic E-state index is -0.221. The number of rotatable bonds is 7. The number of piperidine rings is 2. The van der Waals surface area contributed by atoms with Crippen molar-refractivity contribution >= 4 is 5.91 Å². The van der Waals surface area contributed by atoms with Crippen LogP contribution in [0, 0.1) is 5.82 Å². The van der Waals surface area contributed by atoms with Crippen LogP contribution < -0.4 is 5.73 Å². The first-order chi connectivity index (χ1) is 13.2. The highest BCUT2D eigenvalue weighted by Crippen LogP contribution is 2.24. The number of carbonyl (C=O) groups excluding carboxylic acids is 1. The first kappa shape index (κ1) is 20.2. The van der Waals surface area contributed by atoms with Crippen LogP contribution in [0.3, 0.4) is 0 Å². The number of nitrogens with zero attached hydrogens (tertiary/aromatic N) is 2. The van der Waals surface area contributed by atoms with Crippen molar-refractivity contribution in [3.63, 3.8) is 0 Å². The molecule has 27 heavy (non-hydrogen) atoms. The Morgan fingerprint density at radius 2 is 1.85 bits per heavy atom. The van der Waals surface area contributed by atoms with Crippen molar-refractivity contribution in [1.82, 2.24) is 9.80 Å². The van der Waals surface area contributed by atoms with E-state index in [9.17, 15) is 9.18 Å². The molecule has 2 N–H and O–H groups in total. The monoisotopic (exact) mass is 377 g/mol. The maximum absolute atomic E-state index is 13.2. The normalized spacial score (nSPS) is 22.1. The van der Waals surface area contributed by atoms with Gasteiger partial charge in [0.25, 0.3) is 0 Å². The molecule has 1 aromatic carbocycles. The third kappa shape index (κ3) is 5.74. The fourth-order valence-corrected chi connectivity index (χ4v) is 4.07. The van der Waals surface area contributed by atoms with Gasteiger partial charge in [-0.05, 0) is 62.9 Å². The number of benzene rings is 1. The summed E-state index contributed by atoms with van der Waals surface area (Å²) in [6.07, 6.45) is 6.06. The quantitative estimate of drug-likeness (QED) is 0.742. The zero-order valence-electron chi connectivity index (χ0n) is 16.1. The molecule has 2 saturated heterocycles. The molecule has 6 heteroatoms. The topological polar surface area (TPSA) is 58.8 Å². The Bertz CT molecular complexity index is 588. The molecule has 150 valence electrons. The van der Waals surface area contributed by atoms with Gasteiger partial charge in [0.1, 0.15) is 5.82 Å². The zero-order chi connectivity index (χ0) is 19.1. The standard InChI is InChI=1S/C21H32FN3O2/c22-18-7-5-17(6-8-18)16-25-12-2-1-4-20(25)21(26)24-13-9-19(10-14-24)27-15-3-11-23/h5-8,19-20H,1-4,9-16,23H2. The molecular formula is C21H32FN3O2. The summed E-state index contributed by atoms with van der Waals surface area (Å²) in [6, 6.07) is 6.56. The van der Waals surface area contributed by atoms with Gasteiger partial charge in [-0.3, -0.25) is 9.69 Å². The van der Waals surface area contributed by atoms with Crippen LogP contribution in [0.5, 0.6) is 0 Å². The second-order valence-corrected chi connectivity index (χ2v) is 7.65. The number of amides is 1. The summed E-state index contributed by atoms with van der Waals surface area (Å²) >= 11 is 0. The van der Waals surface area contributed by atoms with Gasteiger partial charge in [-0.25, -0.2) is 4.39 Å². The molecule has 0 aliphatic carbocycles. The highest BCUT2D eigenvalue weighted by Gasteiger charge is 2.33. The second-order valence-electron chi connectivity index (χ2n) is 7.65. The number of hydrogen-bond acceptors (Lipinski definition) is 4. The number of nitrogens with two attached hydrogens (primary N) is 1. The first-order valence-corrected chi connectivity index (χ1v) is 10.3. The number of likely N-dealkylation sites (tertiary alicyclic amines) is 2. The van der Waals surface area contributed by atoms with E-state index in [0.717, 1.165) is 63.7 Å². The van der Waals surface area contributed by atoms with Gasteiger partial charge in [-0.2, -0.15) is 0 Å². The summed E-state index contributed by atoms with van der Waals surface area (Å²) in [7, 11) is 0. The molecule has 1 atom stereocenters. The first-order valence-electron chi connectivity index (χ1n) is 10.3. The molecule has 2 fully saturated rings. The fourth-order valence-electron chi connectivity index (χ4n) is 4.07. The maximum atomic E-state index is 13.2. The Morgan fingerprint density at radius 3 is 2.56 bits per heavy atom. The van der Waals surface area contributed by atoms with E-state index in [-0.39, 0.29) is 23.9 Å². The van der Waals surface area contributed by atoms with Crippen LogP contribution in [-0.2, 0) is 16.1 Å². The van der Waals surface area contributed by atoms with Crippen molar-refractivity contribution in [2.75, 3.05) is 32.8 Å². The van der Waals surface area contributed by atoms with Crippen molar-refractivity contribution < 1.29 is 13.9 Å². The molecule has 0 bridgehead atoms. The minimum Gasteiger partial charge on any atom is -0.378 e. The SMILES string of the molecule is NCCCOC1CCN(C(=O)C2CCCCN2Cc2ccc(F)cc2)CC1. The van der Waals surface area contributed by atoms with Gasteiger partial charge in [-0.1, -0.05) is 18.6 Å². The summed E-state index contributed by atoms with van der Waals surface area (Å²) in [5.41, 5.74) is 6.57. The van der Waals surface area contributed by atoms with Crippen molar-refractivity contribution in [2.24, 2.45) is 5.73 Å². The molecule has 1 amide bonds. The highest BCUT2D eigenvalue weighted by atomic mass is 19.1. The van der Waals surface area contributed by atoms with Gasteiger partial charge in [0, 0.05) is 26.2 Å². The zero-order valence-corrected chi connectivity index (χ0v) is 16.1. The van der Waals surface area contributed by atoms with E-state index in [1.165, 1.54) is 12.1 Å². The van der Waals surface area contributed by atoms with E-state index in [0.29, 0.717) is 19.7 Å². The molecule has 0 saturated carbocycles. The van der Waals surface area contributed by atoms with Crippen molar-refractivity contribution in [2.45, 2.75) is 57.2 Å². The number of halogens is 1. The van der Waals surface area contributed by atoms with Crippen LogP contribution in [0.1, 0.15) is 44.1 Å². The van der Waals surface area contributed by atoms with Gasteiger partial charge in [0.05, 0.1) is 12.1 Å². The fraction of sp³-hybridized carbons (Fsp3) is 0.667. The molecule has 1 unspecified atom stereocenters. The molecule has 3 rings (SSSR count). The van der Waals surface area contributed by atoms with E-state index in [2.05, 4.69) is 4.90 Å². The number of hydrogen-bond donors (Lipinski definition) is 1. The van der Waals surface area contributed by atoms with E-state index < -0.39 is 0 Å². The molecule has 2 aliphatic rings. The molecule has 5 nitrogen and oxygen atoms in total. The smallest absolute Gasteiger partial charge is 0.239 e. The van der Waals surface area contributed by atoms with Crippen molar-refractivity contribution in [3.05, 3.63) is 35.6 Å².